The van der Waals surface area contributed by atoms with Crippen LogP contribution in [-0.2, 0) is 11.3 Å². The Morgan fingerprint density at radius 1 is 1.45 bits per heavy atom. The number of nitrogens with zero attached hydrogens (tertiary/aromatic N) is 1. The number of amides is 1. The van der Waals surface area contributed by atoms with E-state index in [0.717, 1.165) is 12.0 Å². The van der Waals surface area contributed by atoms with Crippen molar-refractivity contribution in [1.29, 1.82) is 0 Å². The van der Waals surface area contributed by atoms with Gasteiger partial charge < -0.3 is 15.8 Å². The van der Waals surface area contributed by atoms with E-state index in [2.05, 4.69) is 10.3 Å². The van der Waals surface area contributed by atoms with E-state index < -0.39 is 6.04 Å². The van der Waals surface area contributed by atoms with Crippen molar-refractivity contribution in [2.45, 2.75) is 39.8 Å². The van der Waals surface area contributed by atoms with Crippen molar-refractivity contribution in [3.8, 4) is 5.88 Å². The van der Waals surface area contributed by atoms with Gasteiger partial charge in [-0.15, -0.1) is 12.4 Å². The summed E-state index contributed by atoms with van der Waals surface area (Å²) in [6.45, 7) is 6.98. The molecule has 0 saturated heterocycles. The van der Waals surface area contributed by atoms with Gasteiger partial charge in [-0.05, 0) is 17.9 Å². The number of carbonyl (C=O) groups is 1. The molecule has 0 aliphatic carbocycles. The van der Waals surface area contributed by atoms with Crippen molar-refractivity contribution in [3.05, 3.63) is 23.9 Å². The summed E-state index contributed by atoms with van der Waals surface area (Å²) in [7, 11) is 0. The molecular weight excluding hydrogens is 278 g/mol. The molecule has 20 heavy (non-hydrogen) atoms. The van der Waals surface area contributed by atoms with Crippen molar-refractivity contribution >= 4 is 18.3 Å². The summed E-state index contributed by atoms with van der Waals surface area (Å²) in [5.41, 5.74) is 6.68. The lowest BCUT2D eigenvalue weighted by Crippen LogP contribution is -2.43. The van der Waals surface area contributed by atoms with Crippen LogP contribution in [0.15, 0.2) is 18.3 Å². The minimum absolute atomic E-state index is 0. The van der Waals surface area contributed by atoms with Gasteiger partial charge in [0.1, 0.15) is 0 Å². The quantitative estimate of drug-likeness (QED) is 0.806. The van der Waals surface area contributed by atoms with E-state index in [-0.39, 0.29) is 24.2 Å². The molecule has 0 saturated carbocycles. The molecule has 0 unspecified atom stereocenters. The number of hydrogen-bond donors (Lipinski definition) is 2. The van der Waals surface area contributed by atoms with Crippen molar-refractivity contribution < 1.29 is 9.53 Å². The highest BCUT2D eigenvalue weighted by Crippen LogP contribution is 2.08. The van der Waals surface area contributed by atoms with Crippen LogP contribution < -0.4 is 15.8 Å². The SMILES string of the molecule is CCCOc1ccc(CNC(=O)[C@@H](N)C(C)C)cn1.Cl. The lowest BCUT2D eigenvalue weighted by Gasteiger charge is -2.15. The number of nitrogens with two attached hydrogens (primary N) is 1. The van der Waals surface area contributed by atoms with E-state index in [1.165, 1.54) is 0 Å². The first kappa shape index (κ1) is 18.7. The van der Waals surface area contributed by atoms with Gasteiger partial charge in [0.15, 0.2) is 0 Å². The maximum absolute atomic E-state index is 11.7. The average Bonchev–Trinajstić information content (AvgIpc) is 2.42. The van der Waals surface area contributed by atoms with Gasteiger partial charge in [-0.3, -0.25) is 4.79 Å². The van der Waals surface area contributed by atoms with Gasteiger partial charge >= 0.3 is 0 Å². The molecule has 0 spiro atoms. The fourth-order valence-electron chi connectivity index (χ4n) is 1.42. The van der Waals surface area contributed by atoms with Gasteiger partial charge in [-0.2, -0.15) is 0 Å². The zero-order valence-corrected chi connectivity index (χ0v) is 13.1. The summed E-state index contributed by atoms with van der Waals surface area (Å²) in [4.78, 5) is 15.9. The van der Waals surface area contributed by atoms with Crippen LogP contribution in [0.5, 0.6) is 5.88 Å². The molecule has 5 nitrogen and oxygen atoms in total. The summed E-state index contributed by atoms with van der Waals surface area (Å²) in [6.07, 6.45) is 2.65. The third kappa shape index (κ3) is 6.21. The molecule has 0 fully saturated rings. The van der Waals surface area contributed by atoms with E-state index in [4.69, 9.17) is 10.5 Å². The predicted molar refractivity (Wildman–Crippen MR) is 81.9 cm³/mol. The van der Waals surface area contributed by atoms with Crippen molar-refractivity contribution in [2.24, 2.45) is 11.7 Å². The molecule has 0 aliphatic rings. The third-order valence-electron chi connectivity index (χ3n) is 2.74. The molecule has 1 aromatic heterocycles. The van der Waals surface area contributed by atoms with Crippen LogP contribution in [0.25, 0.3) is 0 Å². The molecule has 0 radical (unpaired) electrons. The third-order valence-corrected chi connectivity index (χ3v) is 2.74. The second-order valence-corrected chi connectivity index (χ2v) is 4.84. The normalized spacial score (nSPS) is 11.7. The summed E-state index contributed by atoms with van der Waals surface area (Å²) < 4.78 is 5.39. The van der Waals surface area contributed by atoms with Crippen molar-refractivity contribution in [2.75, 3.05) is 6.61 Å². The molecule has 0 aromatic carbocycles. The highest BCUT2D eigenvalue weighted by Gasteiger charge is 2.16. The van der Waals surface area contributed by atoms with Gasteiger partial charge in [-0.1, -0.05) is 26.8 Å². The molecule has 1 atom stereocenters. The van der Waals surface area contributed by atoms with Crippen molar-refractivity contribution in [1.82, 2.24) is 10.3 Å². The number of carbonyl (C=O) groups excluding carboxylic acids is 1. The number of aromatic nitrogens is 1. The fraction of sp³-hybridized carbons (Fsp3) is 0.571. The van der Waals surface area contributed by atoms with Crippen LogP contribution in [0, 0.1) is 5.92 Å². The Morgan fingerprint density at radius 3 is 2.65 bits per heavy atom. The van der Waals surface area contributed by atoms with E-state index in [0.29, 0.717) is 19.0 Å². The predicted octanol–water partition coefficient (Wildman–Crippen LogP) is 1.89. The Balaban J connectivity index is 0.00000361. The topological polar surface area (TPSA) is 77.2 Å². The zero-order chi connectivity index (χ0) is 14.3. The minimum atomic E-state index is -0.472. The Kier molecular flexibility index (Phi) is 8.92. The summed E-state index contributed by atoms with van der Waals surface area (Å²) in [5, 5.41) is 2.80. The second kappa shape index (κ2) is 9.55. The molecule has 1 heterocycles. The fourth-order valence-corrected chi connectivity index (χ4v) is 1.42. The van der Waals surface area contributed by atoms with Crippen molar-refractivity contribution in [3.63, 3.8) is 0 Å². The smallest absolute Gasteiger partial charge is 0.237 e. The average molecular weight is 302 g/mol. The van der Waals surface area contributed by atoms with E-state index in [1.807, 2.05) is 26.8 Å². The summed E-state index contributed by atoms with van der Waals surface area (Å²) in [5.74, 6) is 0.597. The zero-order valence-electron chi connectivity index (χ0n) is 12.3. The van der Waals surface area contributed by atoms with Crippen LogP contribution in [0.1, 0.15) is 32.8 Å². The molecule has 0 aliphatic heterocycles. The standard InChI is InChI=1S/C14H23N3O2.ClH/c1-4-7-19-12-6-5-11(8-16-12)9-17-14(18)13(15)10(2)3;/h5-6,8,10,13H,4,7,9,15H2,1-3H3,(H,17,18);1H/t13-;/m0./s1. The number of rotatable bonds is 7. The monoisotopic (exact) mass is 301 g/mol. The Morgan fingerprint density at radius 2 is 2.15 bits per heavy atom. The number of nitrogens with one attached hydrogen (secondary N) is 1. The maximum atomic E-state index is 11.7. The Labute approximate surface area is 126 Å². The number of pyridine rings is 1. The van der Waals surface area contributed by atoms with Gasteiger partial charge in [0, 0.05) is 18.8 Å². The highest BCUT2D eigenvalue weighted by molar-refractivity contribution is 5.85. The molecule has 0 bridgehead atoms. The van der Waals surface area contributed by atoms with Crippen LogP contribution in [-0.4, -0.2) is 23.5 Å². The molecule has 6 heteroatoms. The van der Waals surface area contributed by atoms with Crippen LogP contribution >= 0.6 is 12.4 Å². The minimum Gasteiger partial charge on any atom is -0.478 e. The lowest BCUT2D eigenvalue weighted by atomic mass is 10.1. The number of hydrogen-bond acceptors (Lipinski definition) is 4. The van der Waals surface area contributed by atoms with Gasteiger partial charge in [-0.25, -0.2) is 4.98 Å². The first-order valence-electron chi connectivity index (χ1n) is 6.65. The van der Waals surface area contributed by atoms with Crippen LogP contribution in [0.2, 0.25) is 0 Å². The second-order valence-electron chi connectivity index (χ2n) is 4.84. The lowest BCUT2D eigenvalue weighted by molar-refractivity contribution is -0.123. The molecule has 114 valence electrons. The maximum Gasteiger partial charge on any atom is 0.237 e. The largest absolute Gasteiger partial charge is 0.478 e. The number of ether oxygens (including phenoxy) is 1. The molecular formula is C14H24ClN3O2. The van der Waals surface area contributed by atoms with Crippen LogP contribution in [0.4, 0.5) is 0 Å². The summed E-state index contributed by atoms with van der Waals surface area (Å²) >= 11 is 0. The van der Waals surface area contributed by atoms with Gasteiger partial charge in [0.05, 0.1) is 12.6 Å². The molecule has 1 amide bonds. The van der Waals surface area contributed by atoms with Gasteiger partial charge in [0.2, 0.25) is 11.8 Å². The Hall–Kier alpha value is -1.33. The van der Waals surface area contributed by atoms with E-state index in [9.17, 15) is 4.79 Å². The number of halogens is 1. The molecule has 1 rings (SSSR count). The molecule has 1 aromatic rings. The van der Waals surface area contributed by atoms with Crippen LogP contribution in [0.3, 0.4) is 0 Å². The first-order chi connectivity index (χ1) is 9.04. The molecule has 3 N–H and O–H groups in total. The Bertz CT molecular complexity index is 396. The van der Waals surface area contributed by atoms with E-state index >= 15 is 0 Å². The van der Waals surface area contributed by atoms with E-state index in [1.54, 1.807) is 12.3 Å². The first-order valence-corrected chi connectivity index (χ1v) is 6.65. The summed E-state index contributed by atoms with van der Waals surface area (Å²) in [6, 6.07) is 3.22. The highest BCUT2D eigenvalue weighted by atomic mass is 35.5. The van der Waals surface area contributed by atoms with Gasteiger partial charge in [0.25, 0.3) is 0 Å².